The van der Waals surface area contributed by atoms with Gasteiger partial charge in [0, 0.05) is 0 Å². The van der Waals surface area contributed by atoms with E-state index in [1.807, 2.05) is 54.6 Å². The first-order valence-electron chi connectivity index (χ1n) is 7.39. The van der Waals surface area contributed by atoms with Gasteiger partial charge in [0.2, 0.25) is 0 Å². The number of esters is 1. The van der Waals surface area contributed by atoms with Crippen molar-refractivity contribution in [2.45, 2.75) is 18.9 Å². The molecule has 1 saturated heterocycles. The monoisotopic (exact) mass is 298 g/mol. The van der Waals surface area contributed by atoms with Crippen LogP contribution in [-0.2, 0) is 16.0 Å². The van der Waals surface area contributed by atoms with Gasteiger partial charge >= 0.3 is 5.97 Å². The summed E-state index contributed by atoms with van der Waals surface area (Å²) in [6, 6.07) is 17.5. The molecule has 0 unspecified atom stereocenters. The van der Waals surface area contributed by atoms with E-state index < -0.39 is 0 Å². The lowest BCUT2D eigenvalue weighted by Gasteiger charge is -2.33. The Morgan fingerprint density at radius 2 is 1.82 bits per heavy atom. The third-order valence-corrected chi connectivity index (χ3v) is 3.81. The lowest BCUT2D eigenvalue weighted by Crippen LogP contribution is -2.47. The van der Waals surface area contributed by atoms with Crippen molar-refractivity contribution in [1.82, 2.24) is 0 Å². The van der Waals surface area contributed by atoms with Crippen molar-refractivity contribution in [1.29, 1.82) is 0 Å². The van der Waals surface area contributed by atoms with Crippen LogP contribution < -0.4 is 4.74 Å². The van der Waals surface area contributed by atoms with E-state index in [-0.39, 0.29) is 24.6 Å². The van der Waals surface area contributed by atoms with Crippen LogP contribution >= 0.6 is 0 Å². The quantitative estimate of drug-likeness (QED) is 0.833. The summed E-state index contributed by atoms with van der Waals surface area (Å²) >= 11 is 0. The van der Waals surface area contributed by atoms with Crippen LogP contribution in [0.3, 0.4) is 0 Å². The number of carbonyl (C=O) groups excluding carboxylic acids is 1. The molecule has 0 aliphatic carbocycles. The highest BCUT2D eigenvalue weighted by molar-refractivity contribution is 5.78. The summed E-state index contributed by atoms with van der Waals surface area (Å²) in [5.41, 5.74) is 1.12. The van der Waals surface area contributed by atoms with Gasteiger partial charge in [-0.05, 0) is 42.7 Å². The van der Waals surface area contributed by atoms with E-state index in [9.17, 15) is 4.79 Å². The SMILES string of the molecule is O=C1O[C@@H](CCc2cccc(Oc3ccccc3)c2)[C@@H]1CO. The van der Waals surface area contributed by atoms with Gasteiger partial charge in [0.1, 0.15) is 23.5 Å². The maximum Gasteiger partial charge on any atom is 0.315 e. The molecule has 4 heteroatoms. The molecule has 2 aromatic carbocycles. The van der Waals surface area contributed by atoms with Crippen molar-refractivity contribution in [2.75, 3.05) is 6.61 Å². The zero-order chi connectivity index (χ0) is 15.4. The molecule has 0 spiro atoms. The van der Waals surface area contributed by atoms with Crippen molar-refractivity contribution in [3.63, 3.8) is 0 Å². The van der Waals surface area contributed by atoms with Crippen LogP contribution in [0.15, 0.2) is 54.6 Å². The van der Waals surface area contributed by atoms with Gasteiger partial charge in [-0.15, -0.1) is 0 Å². The fraction of sp³-hybridized carbons (Fsp3) is 0.278. The van der Waals surface area contributed by atoms with Gasteiger partial charge in [-0.3, -0.25) is 4.79 Å². The molecule has 1 aliphatic heterocycles. The van der Waals surface area contributed by atoms with E-state index in [2.05, 4.69) is 0 Å². The molecule has 0 bridgehead atoms. The van der Waals surface area contributed by atoms with Crippen LogP contribution in [0.25, 0.3) is 0 Å². The molecule has 1 aliphatic rings. The van der Waals surface area contributed by atoms with Crippen LogP contribution in [0.4, 0.5) is 0 Å². The Bertz CT molecular complexity index is 639. The van der Waals surface area contributed by atoms with Crippen molar-refractivity contribution < 1.29 is 19.4 Å². The van der Waals surface area contributed by atoms with Gasteiger partial charge in [0.15, 0.2) is 0 Å². The number of ether oxygens (including phenoxy) is 2. The second-order valence-corrected chi connectivity index (χ2v) is 5.37. The Balaban J connectivity index is 1.59. The second-order valence-electron chi connectivity index (χ2n) is 5.37. The van der Waals surface area contributed by atoms with Gasteiger partial charge in [-0.1, -0.05) is 30.3 Å². The minimum absolute atomic E-state index is 0.138. The van der Waals surface area contributed by atoms with Gasteiger partial charge in [0.05, 0.1) is 6.61 Å². The van der Waals surface area contributed by atoms with E-state index in [1.165, 1.54) is 0 Å². The first kappa shape index (κ1) is 14.6. The maximum absolute atomic E-state index is 11.1. The Morgan fingerprint density at radius 1 is 1.05 bits per heavy atom. The number of benzene rings is 2. The number of carbonyl (C=O) groups is 1. The van der Waals surface area contributed by atoms with Crippen LogP contribution in [0, 0.1) is 5.92 Å². The smallest absolute Gasteiger partial charge is 0.315 e. The molecular weight excluding hydrogens is 280 g/mol. The number of para-hydroxylation sites is 1. The average Bonchev–Trinajstić information content (AvgIpc) is 2.53. The molecule has 2 atom stereocenters. The van der Waals surface area contributed by atoms with Gasteiger partial charge in [0.25, 0.3) is 0 Å². The van der Waals surface area contributed by atoms with Crippen molar-refractivity contribution >= 4 is 5.97 Å². The summed E-state index contributed by atoms with van der Waals surface area (Å²) in [5.74, 6) is 0.929. The molecule has 3 rings (SSSR count). The molecule has 4 nitrogen and oxygen atoms in total. The van der Waals surface area contributed by atoms with Gasteiger partial charge in [-0.25, -0.2) is 0 Å². The lowest BCUT2D eigenvalue weighted by atomic mass is 9.92. The fourth-order valence-corrected chi connectivity index (χ4v) is 2.55. The number of hydrogen-bond donors (Lipinski definition) is 1. The minimum atomic E-state index is -0.358. The van der Waals surface area contributed by atoms with Crippen LogP contribution in [-0.4, -0.2) is 23.8 Å². The molecule has 0 saturated carbocycles. The molecule has 1 N–H and O–H groups in total. The molecule has 0 radical (unpaired) electrons. The van der Waals surface area contributed by atoms with Crippen molar-refractivity contribution in [3.05, 3.63) is 60.2 Å². The molecule has 0 amide bonds. The van der Waals surface area contributed by atoms with E-state index in [0.717, 1.165) is 23.5 Å². The molecule has 114 valence electrons. The van der Waals surface area contributed by atoms with Crippen molar-refractivity contribution in [2.24, 2.45) is 5.92 Å². The van der Waals surface area contributed by atoms with E-state index in [1.54, 1.807) is 0 Å². The molecule has 1 fully saturated rings. The molecular formula is C18H18O4. The van der Waals surface area contributed by atoms with Crippen LogP contribution in [0.5, 0.6) is 11.5 Å². The maximum atomic E-state index is 11.1. The third kappa shape index (κ3) is 3.28. The summed E-state index contributed by atoms with van der Waals surface area (Å²) in [6.07, 6.45) is 1.32. The highest BCUT2D eigenvalue weighted by atomic mass is 16.6. The predicted octanol–water partition coefficient (Wildman–Crippen LogP) is 2.95. The molecule has 2 aromatic rings. The van der Waals surface area contributed by atoms with Gasteiger partial charge in [-0.2, -0.15) is 0 Å². The number of aryl methyl sites for hydroxylation is 1. The number of aliphatic hydroxyl groups is 1. The number of hydrogen-bond acceptors (Lipinski definition) is 4. The Hall–Kier alpha value is -2.33. The topological polar surface area (TPSA) is 55.8 Å². The highest BCUT2D eigenvalue weighted by Gasteiger charge is 2.41. The summed E-state index contributed by atoms with van der Waals surface area (Å²) in [4.78, 5) is 11.1. The van der Waals surface area contributed by atoms with E-state index in [4.69, 9.17) is 14.6 Å². The van der Waals surface area contributed by atoms with Crippen molar-refractivity contribution in [3.8, 4) is 11.5 Å². The van der Waals surface area contributed by atoms with E-state index in [0.29, 0.717) is 6.42 Å². The Labute approximate surface area is 129 Å². The summed E-state index contributed by atoms with van der Waals surface area (Å²) in [5, 5.41) is 9.11. The molecule has 1 heterocycles. The Morgan fingerprint density at radius 3 is 2.55 bits per heavy atom. The molecule has 22 heavy (non-hydrogen) atoms. The van der Waals surface area contributed by atoms with Crippen LogP contribution in [0.1, 0.15) is 12.0 Å². The zero-order valence-corrected chi connectivity index (χ0v) is 12.1. The average molecular weight is 298 g/mol. The third-order valence-electron chi connectivity index (χ3n) is 3.81. The summed E-state index contributed by atoms with van der Waals surface area (Å²) < 4.78 is 10.9. The minimum Gasteiger partial charge on any atom is -0.461 e. The zero-order valence-electron chi connectivity index (χ0n) is 12.1. The predicted molar refractivity (Wildman–Crippen MR) is 81.7 cm³/mol. The standard InChI is InChI=1S/C18H18O4/c19-12-16-17(22-18(16)20)10-9-13-5-4-8-15(11-13)21-14-6-2-1-3-7-14/h1-8,11,16-17,19H,9-10,12H2/t16-,17-/m0/s1. The number of cyclic esters (lactones) is 1. The fourth-order valence-electron chi connectivity index (χ4n) is 2.55. The first-order valence-corrected chi connectivity index (χ1v) is 7.39. The number of rotatable bonds is 6. The first-order chi connectivity index (χ1) is 10.8. The van der Waals surface area contributed by atoms with Gasteiger partial charge < -0.3 is 14.6 Å². The highest BCUT2D eigenvalue weighted by Crippen LogP contribution is 2.27. The normalized spacial score (nSPS) is 20.1. The number of aliphatic hydroxyl groups excluding tert-OH is 1. The molecule has 0 aromatic heterocycles. The van der Waals surface area contributed by atoms with Crippen LogP contribution in [0.2, 0.25) is 0 Å². The summed E-state index contributed by atoms with van der Waals surface area (Å²) in [6.45, 7) is -0.138. The van der Waals surface area contributed by atoms with E-state index >= 15 is 0 Å². The second kappa shape index (κ2) is 6.62. The lowest BCUT2D eigenvalue weighted by molar-refractivity contribution is -0.188. The largest absolute Gasteiger partial charge is 0.461 e. The summed E-state index contributed by atoms with van der Waals surface area (Å²) in [7, 11) is 0. The Kier molecular flexibility index (Phi) is 4.39.